The van der Waals surface area contributed by atoms with Gasteiger partial charge < -0.3 is 26.0 Å². The molecule has 0 saturated carbocycles. The van der Waals surface area contributed by atoms with Gasteiger partial charge in [0.15, 0.2) is 0 Å². The normalized spacial score (nSPS) is 15.0. The fourth-order valence-electron chi connectivity index (χ4n) is 4.34. The molecule has 0 spiro atoms. The molecule has 0 radical (unpaired) electrons. The van der Waals surface area contributed by atoms with Crippen LogP contribution in [-0.2, 0) is 18.9 Å². The zero-order valence-electron chi connectivity index (χ0n) is 21.8. The van der Waals surface area contributed by atoms with Gasteiger partial charge in [0, 0.05) is 56.4 Å². The molecule has 2 amide bonds. The molecule has 0 bridgehead atoms. The second-order valence-electron chi connectivity index (χ2n) is 9.21. The smallest absolute Gasteiger partial charge is 0.416 e. The third kappa shape index (κ3) is 7.98. The van der Waals surface area contributed by atoms with Crippen molar-refractivity contribution in [3.63, 3.8) is 0 Å². The van der Waals surface area contributed by atoms with Gasteiger partial charge in [-0.05, 0) is 48.5 Å². The molecule has 1 fully saturated rings. The SMILES string of the molecule is CCN1CCN(Cc2c(C(F)(F)F)cc(NC(=O)Nc3ccc(Oc4ccnc(N)n4)cc3)cc2C(F)(F)F)CC1. The molecule has 0 unspecified atom stereocenters. The maximum atomic E-state index is 14.0. The van der Waals surface area contributed by atoms with Crippen molar-refractivity contribution in [2.24, 2.45) is 0 Å². The summed E-state index contributed by atoms with van der Waals surface area (Å²) in [5, 5.41) is 4.46. The number of anilines is 3. The maximum Gasteiger partial charge on any atom is 0.416 e. The number of carbonyl (C=O) groups is 1. The van der Waals surface area contributed by atoms with Crippen molar-refractivity contribution in [2.45, 2.75) is 25.8 Å². The van der Waals surface area contributed by atoms with Gasteiger partial charge in [-0.1, -0.05) is 6.92 Å². The fourth-order valence-corrected chi connectivity index (χ4v) is 4.34. The number of nitrogens with zero attached hydrogens (tertiary/aromatic N) is 4. The predicted octanol–water partition coefficient (Wildman–Crippen LogP) is 5.67. The first-order valence-electron chi connectivity index (χ1n) is 12.5. The topological polar surface area (TPSA) is 109 Å². The number of hydrogen-bond acceptors (Lipinski definition) is 7. The molecule has 4 N–H and O–H groups in total. The first-order valence-corrected chi connectivity index (χ1v) is 12.5. The van der Waals surface area contributed by atoms with Crippen LogP contribution in [0, 0.1) is 0 Å². The van der Waals surface area contributed by atoms with Crippen molar-refractivity contribution in [2.75, 3.05) is 49.1 Å². The maximum absolute atomic E-state index is 14.0. The molecule has 1 aliphatic rings. The Morgan fingerprint density at radius 3 is 2.00 bits per heavy atom. The summed E-state index contributed by atoms with van der Waals surface area (Å²) in [5.41, 5.74) is 1.27. The van der Waals surface area contributed by atoms with Gasteiger partial charge in [0.05, 0.1) is 11.1 Å². The van der Waals surface area contributed by atoms with Crippen molar-refractivity contribution in [1.29, 1.82) is 0 Å². The van der Waals surface area contributed by atoms with E-state index in [1.165, 1.54) is 36.5 Å². The van der Waals surface area contributed by atoms with Gasteiger partial charge in [0.1, 0.15) is 5.75 Å². The van der Waals surface area contributed by atoms with Crippen molar-refractivity contribution < 1.29 is 35.9 Å². The van der Waals surface area contributed by atoms with Gasteiger partial charge in [-0.3, -0.25) is 4.90 Å². The first-order chi connectivity index (χ1) is 19.3. The summed E-state index contributed by atoms with van der Waals surface area (Å²) in [6, 6.07) is 7.25. The van der Waals surface area contributed by atoms with Crippen LogP contribution in [0.2, 0.25) is 0 Å². The molecule has 4 rings (SSSR count). The molecule has 15 heteroatoms. The van der Waals surface area contributed by atoms with Gasteiger partial charge in [-0.25, -0.2) is 9.78 Å². The molecule has 2 heterocycles. The highest BCUT2D eigenvalue weighted by Gasteiger charge is 2.42. The zero-order valence-corrected chi connectivity index (χ0v) is 21.8. The summed E-state index contributed by atoms with van der Waals surface area (Å²) < 4.78 is 89.6. The molecule has 9 nitrogen and oxygen atoms in total. The molecule has 2 aromatic carbocycles. The Morgan fingerprint density at radius 2 is 1.46 bits per heavy atom. The third-order valence-corrected chi connectivity index (χ3v) is 6.40. The number of piperazine rings is 1. The summed E-state index contributed by atoms with van der Waals surface area (Å²) in [7, 11) is 0. The predicted molar refractivity (Wildman–Crippen MR) is 139 cm³/mol. The van der Waals surface area contributed by atoms with Crippen LogP contribution in [-0.4, -0.2) is 58.5 Å². The average molecular weight is 584 g/mol. The number of alkyl halides is 6. The molecule has 0 aliphatic carbocycles. The Bertz CT molecular complexity index is 1320. The van der Waals surface area contributed by atoms with E-state index in [2.05, 4.69) is 25.5 Å². The van der Waals surface area contributed by atoms with E-state index >= 15 is 0 Å². The minimum absolute atomic E-state index is 0.00246. The average Bonchev–Trinajstić information content (AvgIpc) is 2.89. The van der Waals surface area contributed by atoms with Crippen LogP contribution in [0.15, 0.2) is 48.7 Å². The Kier molecular flexibility index (Phi) is 8.87. The monoisotopic (exact) mass is 583 g/mol. The van der Waals surface area contributed by atoms with Gasteiger partial charge in [-0.2, -0.15) is 31.3 Å². The zero-order chi connectivity index (χ0) is 29.8. The van der Waals surface area contributed by atoms with Crippen LogP contribution < -0.4 is 21.1 Å². The van der Waals surface area contributed by atoms with Crippen LogP contribution in [0.3, 0.4) is 0 Å². The van der Waals surface area contributed by atoms with E-state index in [0.29, 0.717) is 44.1 Å². The number of halogens is 6. The number of rotatable bonds is 7. The lowest BCUT2D eigenvalue weighted by atomic mass is 9.97. The summed E-state index contributed by atoms with van der Waals surface area (Å²) in [6.07, 6.45) is -8.77. The molecule has 41 heavy (non-hydrogen) atoms. The number of aromatic nitrogens is 2. The highest BCUT2D eigenvalue weighted by atomic mass is 19.4. The Labute approximate surface area is 231 Å². The minimum Gasteiger partial charge on any atom is -0.439 e. The van der Waals surface area contributed by atoms with E-state index in [1.807, 2.05) is 6.92 Å². The van der Waals surface area contributed by atoms with Crippen LogP contribution in [0.4, 0.5) is 48.5 Å². The number of nitrogens with two attached hydrogens (primary N) is 1. The number of likely N-dealkylation sites (N-methyl/N-ethyl adjacent to an activating group) is 1. The van der Waals surface area contributed by atoms with E-state index in [9.17, 15) is 31.1 Å². The lowest BCUT2D eigenvalue weighted by molar-refractivity contribution is -0.144. The molecule has 0 atom stereocenters. The molecular formula is C26H27F6N7O2. The van der Waals surface area contributed by atoms with Crippen LogP contribution in [0.25, 0.3) is 0 Å². The van der Waals surface area contributed by atoms with E-state index in [1.54, 1.807) is 4.90 Å². The van der Waals surface area contributed by atoms with Crippen LogP contribution in [0.5, 0.6) is 11.6 Å². The number of ether oxygens (including phenoxy) is 1. The third-order valence-electron chi connectivity index (χ3n) is 6.40. The molecule has 1 aliphatic heterocycles. The van der Waals surface area contributed by atoms with E-state index in [-0.39, 0.29) is 17.5 Å². The number of urea groups is 1. The minimum atomic E-state index is -5.08. The van der Waals surface area contributed by atoms with Gasteiger partial charge in [0.2, 0.25) is 11.8 Å². The van der Waals surface area contributed by atoms with E-state index in [0.717, 1.165) is 6.54 Å². The lowest BCUT2D eigenvalue weighted by Crippen LogP contribution is -2.46. The van der Waals surface area contributed by atoms with Crippen molar-refractivity contribution in [1.82, 2.24) is 19.8 Å². The number of carbonyl (C=O) groups excluding carboxylic acids is 1. The van der Waals surface area contributed by atoms with Crippen molar-refractivity contribution >= 4 is 23.4 Å². The Balaban J connectivity index is 1.51. The van der Waals surface area contributed by atoms with E-state index in [4.69, 9.17) is 10.5 Å². The second kappa shape index (κ2) is 12.2. The number of benzene rings is 2. The second-order valence-corrected chi connectivity index (χ2v) is 9.21. The van der Waals surface area contributed by atoms with E-state index < -0.39 is 47.3 Å². The molecule has 1 aromatic heterocycles. The highest BCUT2D eigenvalue weighted by Crippen LogP contribution is 2.42. The van der Waals surface area contributed by atoms with Gasteiger partial charge in [-0.15, -0.1) is 0 Å². The lowest BCUT2D eigenvalue weighted by Gasteiger charge is -2.35. The van der Waals surface area contributed by atoms with Gasteiger partial charge in [0.25, 0.3) is 0 Å². The van der Waals surface area contributed by atoms with Crippen LogP contribution in [0.1, 0.15) is 23.6 Å². The summed E-state index contributed by atoms with van der Waals surface area (Å²) in [6.45, 7) is 3.91. The number of nitrogen functional groups attached to an aromatic ring is 1. The quantitative estimate of drug-likeness (QED) is 0.308. The van der Waals surface area contributed by atoms with Crippen LogP contribution >= 0.6 is 0 Å². The van der Waals surface area contributed by atoms with Gasteiger partial charge >= 0.3 is 18.4 Å². The Morgan fingerprint density at radius 1 is 0.902 bits per heavy atom. The molecule has 3 aromatic rings. The number of amides is 2. The standard InChI is InChI=1S/C26H27F6N7O2/c1-2-38-9-11-39(12-10-38)15-19-20(25(27,28)29)13-17(14-21(19)26(30,31)32)36-24(40)35-16-3-5-18(6-4-16)41-22-7-8-34-23(33)37-22/h3-8,13-14H,2,9-12,15H2,1H3,(H2,33,34,37)(H2,35,36,40). The summed E-state index contributed by atoms with van der Waals surface area (Å²) in [4.78, 5) is 23.8. The number of hydrogen-bond donors (Lipinski definition) is 3. The number of nitrogens with one attached hydrogen (secondary N) is 2. The highest BCUT2D eigenvalue weighted by molar-refractivity contribution is 6.00. The first kappa shape index (κ1) is 29.9. The van der Waals surface area contributed by atoms with Crippen molar-refractivity contribution in [3.05, 3.63) is 65.4 Å². The Hall–Kier alpha value is -4.11. The fraction of sp³-hybridized carbons (Fsp3) is 0.346. The molecule has 220 valence electrons. The summed E-state index contributed by atoms with van der Waals surface area (Å²) >= 11 is 0. The largest absolute Gasteiger partial charge is 0.439 e. The summed E-state index contributed by atoms with van der Waals surface area (Å²) in [5.74, 6) is 0.497. The molecule has 1 saturated heterocycles. The molecular weight excluding hydrogens is 556 g/mol. The van der Waals surface area contributed by atoms with Crippen molar-refractivity contribution in [3.8, 4) is 11.6 Å².